The first-order valence-corrected chi connectivity index (χ1v) is 8.39. The highest BCUT2D eigenvalue weighted by Crippen LogP contribution is 2.21. The molecule has 1 fully saturated rings. The van der Waals surface area contributed by atoms with Crippen LogP contribution < -0.4 is 5.32 Å². The van der Waals surface area contributed by atoms with Crippen molar-refractivity contribution in [1.29, 1.82) is 0 Å². The zero-order chi connectivity index (χ0) is 13.7. The summed E-state index contributed by atoms with van der Waals surface area (Å²) >= 11 is 5.60. The van der Waals surface area contributed by atoms with E-state index in [4.69, 9.17) is 4.74 Å². The van der Waals surface area contributed by atoms with Crippen molar-refractivity contribution in [3.8, 4) is 0 Å². The van der Waals surface area contributed by atoms with Gasteiger partial charge in [-0.2, -0.15) is 0 Å². The number of hydrogen-bond donors (Lipinski definition) is 1. The minimum Gasteiger partial charge on any atom is -0.376 e. The molecule has 2 rings (SSSR count). The van der Waals surface area contributed by atoms with Gasteiger partial charge >= 0.3 is 0 Å². The van der Waals surface area contributed by atoms with Crippen LogP contribution in [0, 0.1) is 3.57 Å². The molecule has 0 aliphatic heterocycles. The normalized spacial score (nSPS) is 15.7. The van der Waals surface area contributed by atoms with E-state index >= 15 is 0 Å². The van der Waals surface area contributed by atoms with E-state index in [2.05, 4.69) is 43.8 Å². The average molecular weight is 438 g/mol. The van der Waals surface area contributed by atoms with Gasteiger partial charge in [-0.25, -0.2) is 0 Å². The molecular formula is C14H17BrINO2. The number of carbonyl (C=O) groups is 1. The van der Waals surface area contributed by atoms with E-state index in [1.807, 2.05) is 18.2 Å². The van der Waals surface area contributed by atoms with Crippen LogP contribution in [0.1, 0.15) is 36.0 Å². The number of halogens is 2. The standard InChI is InChI=1S/C14H17BrINO2/c15-13-6-5-10(16)9-12(13)14(18)17-7-8-19-11-3-1-2-4-11/h5-6,9,11H,1-4,7-8H2,(H,17,18). The van der Waals surface area contributed by atoms with Gasteiger partial charge in [0.25, 0.3) is 5.91 Å². The van der Waals surface area contributed by atoms with Gasteiger partial charge in [0.15, 0.2) is 0 Å². The Morgan fingerprint density at radius 1 is 1.42 bits per heavy atom. The predicted molar refractivity (Wildman–Crippen MR) is 87.4 cm³/mol. The first kappa shape index (κ1) is 15.3. The Morgan fingerprint density at radius 2 is 2.16 bits per heavy atom. The van der Waals surface area contributed by atoms with Crippen molar-refractivity contribution < 1.29 is 9.53 Å². The van der Waals surface area contributed by atoms with Crippen LogP contribution in [0.3, 0.4) is 0 Å². The van der Waals surface area contributed by atoms with E-state index in [0.29, 0.717) is 24.8 Å². The third kappa shape index (κ3) is 4.72. The summed E-state index contributed by atoms with van der Waals surface area (Å²) in [5.74, 6) is -0.0552. The zero-order valence-corrected chi connectivity index (χ0v) is 14.4. The minimum absolute atomic E-state index is 0.0552. The molecule has 0 atom stereocenters. The summed E-state index contributed by atoms with van der Waals surface area (Å²) in [6.07, 6.45) is 5.27. The molecule has 1 aliphatic carbocycles. The molecule has 1 aromatic carbocycles. The van der Waals surface area contributed by atoms with E-state index in [0.717, 1.165) is 20.9 Å². The lowest BCUT2D eigenvalue weighted by atomic mass is 10.2. The summed E-state index contributed by atoms with van der Waals surface area (Å²) in [5, 5.41) is 2.89. The van der Waals surface area contributed by atoms with Gasteiger partial charge in [-0.1, -0.05) is 12.8 Å². The molecule has 0 heterocycles. The highest BCUT2D eigenvalue weighted by Gasteiger charge is 2.15. The molecular weight excluding hydrogens is 421 g/mol. The number of amides is 1. The third-order valence-electron chi connectivity index (χ3n) is 3.22. The Kier molecular flexibility index (Phi) is 6.09. The number of carbonyl (C=O) groups excluding carboxylic acids is 1. The number of nitrogens with one attached hydrogen (secondary N) is 1. The second-order valence-electron chi connectivity index (χ2n) is 4.66. The Labute approximate surface area is 135 Å². The highest BCUT2D eigenvalue weighted by molar-refractivity contribution is 14.1. The molecule has 0 radical (unpaired) electrons. The van der Waals surface area contributed by atoms with E-state index in [1.54, 1.807) is 0 Å². The summed E-state index contributed by atoms with van der Waals surface area (Å²) in [6.45, 7) is 1.16. The van der Waals surface area contributed by atoms with Crippen molar-refractivity contribution in [2.45, 2.75) is 31.8 Å². The molecule has 5 heteroatoms. The van der Waals surface area contributed by atoms with Crippen LogP contribution in [-0.4, -0.2) is 25.2 Å². The van der Waals surface area contributed by atoms with Crippen molar-refractivity contribution in [1.82, 2.24) is 5.32 Å². The molecule has 1 N–H and O–H groups in total. The molecule has 19 heavy (non-hydrogen) atoms. The Balaban J connectivity index is 1.75. The van der Waals surface area contributed by atoms with Gasteiger partial charge in [-0.15, -0.1) is 0 Å². The molecule has 1 amide bonds. The van der Waals surface area contributed by atoms with Crippen LogP contribution in [0.2, 0.25) is 0 Å². The monoisotopic (exact) mass is 437 g/mol. The fourth-order valence-corrected chi connectivity index (χ4v) is 3.13. The molecule has 0 bridgehead atoms. The summed E-state index contributed by atoms with van der Waals surface area (Å²) < 4.78 is 7.59. The topological polar surface area (TPSA) is 38.3 Å². The van der Waals surface area contributed by atoms with Crippen molar-refractivity contribution in [3.05, 3.63) is 31.8 Å². The van der Waals surface area contributed by atoms with Crippen LogP contribution in [0.4, 0.5) is 0 Å². The Bertz CT molecular complexity index is 447. The molecule has 1 aliphatic rings. The first-order chi connectivity index (χ1) is 9.16. The van der Waals surface area contributed by atoms with Crippen molar-refractivity contribution >= 4 is 44.4 Å². The lowest BCUT2D eigenvalue weighted by molar-refractivity contribution is 0.0581. The van der Waals surface area contributed by atoms with Crippen LogP contribution >= 0.6 is 38.5 Å². The molecule has 3 nitrogen and oxygen atoms in total. The van der Waals surface area contributed by atoms with Crippen molar-refractivity contribution in [2.24, 2.45) is 0 Å². The van der Waals surface area contributed by atoms with E-state index in [-0.39, 0.29) is 5.91 Å². The van der Waals surface area contributed by atoms with Crippen LogP contribution in [0.15, 0.2) is 22.7 Å². The zero-order valence-electron chi connectivity index (χ0n) is 10.6. The number of rotatable bonds is 5. The van der Waals surface area contributed by atoms with Gasteiger partial charge in [-0.05, 0) is 69.6 Å². The van der Waals surface area contributed by atoms with E-state index < -0.39 is 0 Å². The average Bonchev–Trinajstić information content (AvgIpc) is 2.90. The maximum Gasteiger partial charge on any atom is 0.252 e. The minimum atomic E-state index is -0.0552. The number of ether oxygens (including phenoxy) is 1. The molecule has 1 aromatic rings. The molecule has 0 aromatic heterocycles. The van der Waals surface area contributed by atoms with E-state index in [9.17, 15) is 4.79 Å². The smallest absolute Gasteiger partial charge is 0.252 e. The SMILES string of the molecule is O=C(NCCOC1CCCC1)c1cc(I)ccc1Br. The van der Waals surface area contributed by atoms with Gasteiger partial charge in [0.1, 0.15) is 0 Å². The number of hydrogen-bond acceptors (Lipinski definition) is 2. The quantitative estimate of drug-likeness (QED) is 0.562. The largest absolute Gasteiger partial charge is 0.376 e. The summed E-state index contributed by atoms with van der Waals surface area (Å²) in [6, 6.07) is 5.73. The molecule has 0 saturated heterocycles. The fraction of sp³-hybridized carbons (Fsp3) is 0.500. The number of benzene rings is 1. The third-order valence-corrected chi connectivity index (χ3v) is 4.58. The van der Waals surface area contributed by atoms with Crippen LogP contribution in [0.5, 0.6) is 0 Å². The first-order valence-electron chi connectivity index (χ1n) is 6.51. The Hall–Kier alpha value is -0.140. The Morgan fingerprint density at radius 3 is 2.89 bits per heavy atom. The van der Waals surface area contributed by atoms with Gasteiger partial charge < -0.3 is 10.1 Å². The maximum absolute atomic E-state index is 12.0. The molecule has 1 saturated carbocycles. The van der Waals surface area contributed by atoms with Gasteiger partial charge in [0.05, 0.1) is 18.3 Å². The van der Waals surface area contributed by atoms with Crippen LogP contribution in [0.25, 0.3) is 0 Å². The summed E-state index contributed by atoms with van der Waals surface area (Å²) in [4.78, 5) is 12.0. The second-order valence-corrected chi connectivity index (χ2v) is 6.76. The summed E-state index contributed by atoms with van der Waals surface area (Å²) in [5.41, 5.74) is 0.674. The van der Waals surface area contributed by atoms with Gasteiger partial charge in [0.2, 0.25) is 0 Å². The fourth-order valence-electron chi connectivity index (χ4n) is 2.21. The maximum atomic E-state index is 12.0. The highest BCUT2D eigenvalue weighted by atomic mass is 127. The lowest BCUT2D eigenvalue weighted by Crippen LogP contribution is -2.28. The van der Waals surface area contributed by atoms with Gasteiger partial charge in [-0.3, -0.25) is 4.79 Å². The van der Waals surface area contributed by atoms with Gasteiger partial charge in [0, 0.05) is 14.6 Å². The van der Waals surface area contributed by atoms with Crippen LogP contribution in [-0.2, 0) is 4.74 Å². The van der Waals surface area contributed by atoms with E-state index in [1.165, 1.54) is 12.8 Å². The van der Waals surface area contributed by atoms with Crippen molar-refractivity contribution in [3.63, 3.8) is 0 Å². The summed E-state index contributed by atoms with van der Waals surface area (Å²) in [7, 11) is 0. The van der Waals surface area contributed by atoms with Crippen molar-refractivity contribution in [2.75, 3.05) is 13.2 Å². The molecule has 0 spiro atoms. The second kappa shape index (κ2) is 7.59. The molecule has 104 valence electrons. The predicted octanol–water partition coefficient (Wildman–Crippen LogP) is 3.74. The lowest BCUT2D eigenvalue weighted by Gasteiger charge is -2.12. The molecule has 0 unspecified atom stereocenters.